The number of halogens is 2. The summed E-state index contributed by atoms with van der Waals surface area (Å²) < 4.78 is 2.23. The van der Waals surface area contributed by atoms with E-state index in [1.807, 2.05) is 0 Å². The maximum atomic E-state index is 10.7. The fourth-order valence-corrected chi connectivity index (χ4v) is 2.08. The van der Waals surface area contributed by atoms with Gasteiger partial charge in [0.1, 0.15) is 5.69 Å². The Morgan fingerprint density at radius 3 is 3.08 bits per heavy atom. The number of imidazole rings is 1. The van der Waals surface area contributed by atoms with Crippen LogP contribution in [0.4, 0.5) is 0 Å². The maximum Gasteiger partial charge on any atom is 0.272 e. The number of rotatable bonds is 1. The second kappa shape index (κ2) is 2.79. The maximum absolute atomic E-state index is 10.7. The summed E-state index contributed by atoms with van der Waals surface area (Å²) in [7, 11) is 0. The summed E-state index contributed by atoms with van der Waals surface area (Å²) in [6, 6.07) is 0. The first-order valence-electron chi connectivity index (χ1n) is 2.88. The Kier molecular flexibility index (Phi) is 1.90. The molecular weight excluding hydrogens is 265 g/mol. The zero-order valence-corrected chi connectivity index (χ0v) is 8.65. The number of carbonyl (C=O) groups is 1. The van der Waals surface area contributed by atoms with Crippen molar-refractivity contribution in [2.75, 3.05) is 0 Å². The first-order chi connectivity index (χ1) is 5.66. The zero-order chi connectivity index (χ0) is 8.72. The molecule has 0 N–H and O–H groups in total. The van der Waals surface area contributed by atoms with Crippen molar-refractivity contribution in [2.24, 2.45) is 0 Å². The minimum atomic E-state index is -0.566. The molecule has 0 aliphatic carbocycles. The summed E-state index contributed by atoms with van der Waals surface area (Å²) >= 11 is 9.75. The topological polar surface area (TPSA) is 47.3 Å². The standard InChI is InChI=1S/C5HBrClN3OS/c6-4-9-10-1-2(3(7)11)8-5(10)12-4/h1H. The van der Waals surface area contributed by atoms with E-state index in [0.717, 1.165) is 3.92 Å². The molecule has 0 atom stereocenters. The molecule has 0 unspecified atom stereocenters. The third-order valence-electron chi connectivity index (χ3n) is 1.22. The van der Waals surface area contributed by atoms with Crippen molar-refractivity contribution in [1.29, 1.82) is 0 Å². The van der Waals surface area contributed by atoms with Crippen LogP contribution >= 0.6 is 38.9 Å². The van der Waals surface area contributed by atoms with Crippen LogP contribution in [0.5, 0.6) is 0 Å². The molecule has 0 saturated heterocycles. The van der Waals surface area contributed by atoms with E-state index in [1.54, 1.807) is 0 Å². The van der Waals surface area contributed by atoms with Crippen LogP contribution < -0.4 is 0 Å². The molecule has 2 rings (SSSR count). The lowest BCUT2D eigenvalue weighted by Gasteiger charge is -1.78. The Morgan fingerprint density at radius 2 is 2.50 bits per heavy atom. The summed E-state index contributed by atoms with van der Waals surface area (Å²) in [6.45, 7) is 0. The summed E-state index contributed by atoms with van der Waals surface area (Å²) in [5.74, 6) is 0. The van der Waals surface area contributed by atoms with Crippen LogP contribution in [0.25, 0.3) is 4.96 Å². The molecule has 0 amide bonds. The Bertz CT molecular complexity index is 419. The molecule has 0 aliphatic heterocycles. The summed E-state index contributed by atoms with van der Waals surface area (Å²) in [5.41, 5.74) is 0.225. The second-order valence-electron chi connectivity index (χ2n) is 1.98. The normalized spacial score (nSPS) is 10.8. The molecule has 4 nitrogen and oxygen atoms in total. The second-order valence-corrected chi connectivity index (χ2v) is 4.56. The van der Waals surface area contributed by atoms with Gasteiger partial charge in [-0.3, -0.25) is 4.79 Å². The van der Waals surface area contributed by atoms with Gasteiger partial charge in [0.15, 0.2) is 3.92 Å². The van der Waals surface area contributed by atoms with E-state index in [-0.39, 0.29) is 5.69 Å². The predicted molar refractivity (Wildman–Crippen MR) is 48.7 cm³/mol. The lowest BCUT2D eigenvalue weighted by Crippen LogP contribution is -1.87. The molecule has 7 heteroatoms. The monoisotopic (exact) mass is 265 g/mol. The Hall–Kier alpha value is -0.460. The third kappa shape index (κ3) is 1.26. The van der Waals surface area contributed by atoms with Crippen molar-refractivity contribution >= 4 is 49.1 Å². The minimum Gasteiger partial charge on any atom is -0.274 e. The summed E-state index contributed by atoms with van der Waals surface area (Å²) in [4.78, 5) is 15.2. The quantitative estimate of drug-likeness (QED) is 0.741. The molecule has 0 bridgehead atoms. The van der Waals surface area contributed by atoms with Gasteiger partial charge in [0.05, 0.1) is 6.20 Å². The molecule has 0 fully saturated rings. The number of hydrogen-bond donors (Lipinski definition) is 0. The van der Waals surface area contributed by atoms with Gasteiger partial charge in [-0.2, -0.15) is 0 Å². The average molecular weight is 267 g/mol. The molecule has 2 aromatic rings. The average Bonchev–Trinajstić information content (AvgIpc) is 2.42. The van der Waals surface area contributed by atoms with E-state index in [9.17, 15) is 4.79 Å². The van der Waals surface area contributed by atoms with Gasteiger partial charge in [-0.15, -0.1) is 5.10 Å². The molecule has 0 saturated carbocycles. The van der Waals surface area contributed by atoms with Crippen LogP contribution in [-0.2, 0) is 0 Å². The van der Waals surface area contributed by atoms with Gasteiger partial charge in [0.2, 0.25) is 4.96 Å². The van der Waals surface area contributed by atoms with Gasteiger partial charge in [0.25, 0.3) is 5.24 Å². The van der Waals surface area contributed by atoms with Gasteiger partial charge in [-0.1, -0.05) is 11.3 Å². The number of hydrogen-bond acceptors (Lipinski definition) is 4. The fourth-order valence-electron chi connectivity index (χ4n) is 0.771. The van der Waals surface area contributed by atoms with E-state index >= 15 is 0 Å². The SMILES string of the molecule is O=C(Cl)c1cn2nc(Br)sc2n1. The number of carbonyl (C=O) groups excluding carboxylic acids is 1. The molecule has 0 aromatic carbocycles. The van der Waals surface area contributed by atoms with Crippen molar-refractivity contribution in [3.63, 3.8) is 0 Å². The molecule has 62 valence electrons. The van der Waals surface area contributed by atoms with E-state index < -0.39 is 5.24 Å². The fraction of sp³-hybridized carbons (Fsp3) is 0. The molecule has 2 heterocycles. The van der Waals surface area contributed by atoms with Gasteiger partial charge in [-0.25, -0.2) is 9.50 Å². The summed E-state index contributed by atoms with van der Waals surface area (Å²) in [6.07, 6.45) is 1.49. The Morgan fingerprint density at radius 1 is 1.75 bits per heavy atom. The molecule has 0 spiro atoms. The van der Waals surface area contributed by atoms with Crippen molar-refractivity contribution < 1.29 is 4.79 Å². The van der Waals surface area contributed by atoms with Crippen LogP contribution in [-0.4, -0.2) is 19.8 Å². The third-order valence-corrected chi connectivity index (χ3v) is 2.77. The van der Waals surface area contributed by atoms with E-state index in [1.165, 1.54) is 22.0 Å². The highest BCUT2D eigenvalue weighted by Gasteiger charge is 2.10. The van der Waals surface area contributed by atoms with Crippen LogP contribution in [0.3, 0.4) is 0 Å². The van der Waals surface area contributed by atoms with E-state index in [4.69, 9.17) is 11.6 Å². The van der Waals surface area contributed by atoms with Crippen molar-refractivity contribution in [3.8, 4) is 0 Å². The van der Waals surface area contributed by atoms with Crippen molar-refractivity contribution in [3.05, 3.63) is 15.8 Å². The lowest BCUT2D eigenvalue weighted by molar-refractivity contribution is 0.107. The summed E-state index contributed by atoms with van der Waals surface area (Å²) in [5, 5.41) is 3.43. The van der Waals surface area contributed by atoms with Gasteiger partial charge >= 0.3 is 0 Å². The molecule has 12 heavy (non-hydrogen) atoms. The number of nitrogens with zero attached hydrogens (tertiary/aromatic N) is 3. The molecule has 0 radical (unpaired) electrons. The van der Waals surface area contributed by atoms with Crippen LogP contribution in [0, 0.1) is 0 Å². The van der Waals surface area contributed by atoms with E-state index in [2.05, 4.69) is 26.0 Å². The van der Waals surface area contributed by atoms with Gasteiger partial charge in [-0.05, 0) is 27.5 Å². The smallest absolute Gasteiger partial charge is 0.272 e. The number of aromatic nitrogens is 3. The minimum absolute atomic E-state index is 0.225. The predicted octanol–water partition coefficient (Wildman–Crippen LogP) is 1.93. The Balaban J connectivity index is 2.64. The molecular formula is C5HBrClN3OS. The van der Waals surface area contributed by atoms with Crippen LogP contribution in [0.1, 0.15) is 10.5 Å². The van der Waals surface area contributed by atoms with Crippen LogP contribution in [0.15, 0.2) is 10.1 Å². The highest BCUT2D eigenvalue weighted by atomic mass is 79.9. The lowest BCUT2D eigenvalue weighted by atomic mass is 10.5. The van der Waals surface area contributed by atoms with Crippen molar-refractivity contribution in [2.45, 2.75) is 0 Å². The van der Waals surface area contributed by atoms with Crippen molar-refractivity contribution in [1.82, 2.24) is 14.6 Å². The first-order valence-corrected chi connectivity index (χ1v) is 4.87. The molecule has 2 aromatic heterocycles. The zero-order valence-electron chi connectivity index (χ0n) is 5.49. The Labute approximate surface area is 84.3 Å². The largest absolute Gasteiger partial charge is 0.274 e. The highest BCUT2D eigenvalue weighted by molar-refractivity contribution is 9.11. The van der Waals surface area contributed by atoms with Crippen LogP contribution in [0.2, 0.25) is 0 Å². The first kappa shape index (κ1) is 8.15. The molecule has 0 aliphatic rings. The number of fused-ring (bicyclic) bond motifs is 1. The van der Waals surface area contributed by atoms with E-state index in [0.29, 0.717) is 4.96 Å². The highest BCUT2D eigenvalue weighted by Crippen LogP contribution is 2.19. The van der Waals surface area contributed by atoms with Gasteiger partial charge < -0.3 is 0 Å². The van der Waals surface area contributed by atoms with Gasteiger partial charge in [0, 0.05) is 0 Å².